The van der Waals surface area contributed by atoms with Crippen molar-refractivity contribution >= 4 is 10.0 Å². The summed E-state index contributed by atoms with van der Waals surface area (Å²) in [6, 6.07) is 12.4. The standard InChI is InChI=1S/C26H31F4N5O4S/c1-18(20-10-19(13-27)11-22(12-20)26(28,29)30)39-16-25(21-6-4-3-5-7-21)9-8-24(14-31-25,15-33-40(2,37)38)35-17-32-34-23(35)36/h3-7,10-12,17-18,31,33H,8-9,13-16H2,1-2H3,(H,34,36)/t18-,24+,25-/m1/s1. The third-order valence-corrected chi connectivity index (χ3v) is 8.04. The molecule has 1 aliphatic heterocycles. The number of benzene rings is 2. The zero-order chi connectivity index (χ0) is 29.2. The van der Waals surface area contributed by atoms with Crippen molar-refractivity contribution in [3.8, 4) is 0 Å². The number of rotatable bonds is 10. The van der Waals surface area contributed by atoms with E-state index in [-0.39, 0.29) is 30.8 Å². The first-order chi connectivity index (χ1) is 18.8. The number of aromatic amines is 1. The van der Waals surface area contributed by atoms with Crippen LogP contribution in [-0.4, -0.2) is 49.1 Å². The first-order valence-electron chi connectivity index (χ1n) is 12.5. The second-order valence-corrected chi connectivity index (χ2v) is 12.0. The minimum absolute atomic E-state index is 0.0370. The molecule has 1 aromatic heterocycles. The monoisotopic (exact) mass is 585 g/mol. The number of piperidine rings is 1. The highest BCUT2D eigenvalue weighted by molar-refractivity contribution is 7.88. The molecule has 1 aliphatic rings. The molecule has 2 heterocycles. The van der Waals surface area contributed by atoms with Gasteiger partial charge in [-0.25, -0.2) is 27.4 Å². The number of hydrogen-bond donors (Lipinski definition) is 3. The van der Waals surface area contributed by atoms with Gasteiger partial charge in [-0.3, -0.25) is 4.57 Å². The highest BCUT2D eigenvalue weighted by Crippen LogP contribution is 2.39. The summed E-state index contributed by atoms with van der Waals surface area (Å²) in [7, 11) is -3.57. The van der Waals surface area contributed by atoms with Gasteiger partial charge in [0, 0.05) is 13.1 Å². The fraction of sp³-hybridized carbons (Fsp3) is 0.462. The van der Waals surface area contributed by atoms with Gasteiger partial charge in [0.2, 0.25) is 10.0 Å². The Labute approximate surface area is 229 Å². The summed E-state index contributed by atoms with van der Waals surface area (Å²) in [6.45, 7) is 0.670. The van der Waals surface area contributed by atoms with Crippen molar-refractivity contribution in [1.82, 2.24) is 24.8 Å². The molecule has 1 saturated heterocycles. The molecule has 0 spiro atoms. The maximum Gasteiger partial charge on any atom is 0.416 e. The summed E-state index contributed by atoms with van der Waals surface area (Å²) in [6.07, 6.45) is -2.37. The van der Waals surface area contributed by atoms with Crippen molar-refractivity contribution in [3.05, 3.63) is 87.6 Å². The minimum atomic E-state index is -4.63. The summed E-state index contributed by atoms with van der Waals surface area (Å²) >= 11 is 0. The summed E-state index contributed by atoms with van der Waals surface area (Å²) in [5, 5.41) is 9.60. The van der Waals surface area contributed by atoms with Gasteiger partial charge in [-0.2, -0.15) is 18.3 Å². The van der Waals surface area contributed by atoms with E-state index in [0.717, 1.165) is 24.0 Å². The van der Waals surface area contributed by atoms with Crippen molar-refractivity contribution in [1.29, 1.82) is 0 Å². The average molecular weight is 586 g/mol. The molecule has 40 heavy (non-hydrogen) atoms. The van der Waals surface area contributed by atoms with Crippen LogP contribution in [0.15, 0.2) is 59.7 Å². The van der Waals surface area contributed by atoms with Crippen LogP contribution in [0.5, 0.6) is 0 Å². The smallest absolute Gasteiger partial charge is 0.372 e. The number of H-pyrrole nitrogens is 1. The molecule has 218 valence electrons. The predicted octanol–water partition coefficient (Wildman–Crippen LogP) is 3.36. The molecule has 0 unspecified atom stereocenters. The number of aromatic nitrogens is 3. The highest BCUT2D eigenvalue weighted by Gasteiger charge is 2.46. The van der Waals surface area contributed by atoms with Gasteiger partial charge < -0.3 is 10.1 Å². The minimum Gasteiger partial charge on any atom is -0.372 e. The van der Waals surface area contributed by atoms with Gasteiger partial charge in [0.15, 0.2) is 0 Å². The van der Waals surface area contributed by atoms with Gasteiger partial charge in [0.05, 0.1) is 35.6 Å². The number of ether oxygens (including phenoxy) is 1. The molecule has 0 saturated carbocycles. The van der Waals surface area contributed by atoms with Crippen LogP contribution in [0.25, 0.3) is 0 Å². The van der Waals surface area contributed by atoms with Gasteiger partial charge in [-0.05, 0) is 48.6 Å². The zero-order valence-electron chi connectivity index (χ0n) is 22.0. The molecule has 0 bridgehead atoms. The van der Waals surface area contributed by atoms with E-state index in [1.165, 1.54) is 17.0 Å². The summed E-state index contributed by atoms with van der Waals surface area (Å²) in [4.78, 5) is 12.5. The van der Waals surface area contributed by atoms with Crippen molar-refractivity contribution in [2.24, 2.45) is 0 Å². The van der Waals surface area contributed by atoms with Crippen LogP contribution in [0.3, 0.4) is 0 Å². The van der Waals surface area contributed by atoms with E-state index >= 15 is 0 Å². The van der Waals surface area contributed by atoms with Gasteiger partial charge in [0.1, 0.15) is 13.0 Å². The van der Waals surface area contributed by atoms with Gasteiger partial charge in [-0.15, -0.1) is 0 Å². The molecule has 3 N–H and O–H groups in total. The zero-order valence-corrected chi connectivity index (χ0v) is 22.8. The molecule has 0 aliphatic carbocycles. The van der Waals surface area contributed by atoms with E-state index in [2.05, 4.69) is 20.2 Å². The SMILES string of the molecule is C[C@@H](OC[C@@]1(c2ccccc2)CC[C@](CNS(C)(=O)=O)(n2cn[nH]c2=O)CN1)c1cc(CF)cc(C(F)(F)F)c1. The highest BCUT2D eigenvalue weighted by atomic mass is 32.2. The molecule has 3 aromatic rings. The lowest BCUT2D eigenvalue weighted by Crippen LogP contribution is -2.63. The van der Waals surface area contributed by atoms with E-state index in [0.29, 0.717) is 12.8 Å². The third-order valence-electron chi connectivity index (χ3n) is 7.37. The van der Waals surface area contributed by atoms with Gasteiger partial charge in [-0.1, -0.05) is 36.4 Å². The van der Waals surface area contributed by atoms with Crippen molar-refractivity contribution < 1.29 is 30.7 Å². The molecular weight excluding hydrogens is 554 g/mol. The lowest BCUT2D eigenvalue weighted by atomic mass is 9.76. The Morgan fingerprint density at radius 1 is 1.18 bits per heavy atom. The lowest BCUT2D eigenvalue weighted by molar-refractivity contribution is -0.137. The van der Waals surface area contributed by atoms with E-state index in [1.54, 1.807) is 6.92 Å². The van der Waals surface area contributed by atoms with Crippen molar-refractivity contribution in [3.63, 3.8) is 0 Å². The Bertz CT molecular complexity index is 1470. The molecule has 0 amide bonds. The second kappa shape index (κ2) is 11.4. The number of sulfonamides is 1. The molecule has 3 atom stereocenters. The van der Waals surface area contributed by atoms with E-state index in [4.69, 9.17) is 4.74 Å². The largest absolute Gasteiger partial charge is 0.416 e. The van der Waals surface area contributed by atoms with Crippen LogP contribution < -0.4 is 15.7 Å². The Kier molecular flexibility index (Phi) is 8.54. The summed E-state index contributed by atoms with van der Waals surface area (Å²) in [5.74, 6) is 0. The fourth-order valence-electron chi connectivity index (χ4n) is 5.02. The normalized spacial score (nSPS) is 22.8. The van der Waals surface area contributed by atoms with Gasteiger partial charge in [0.25, 0.3) is 0 Å². The molecule has 0 radical (unpaired) electrons. The van der Waals surface area contributed by atoms with Crippen LogP contribution in [0.2, 0.25) is 0 Å². The average Bonchev–Trinajstić information content (AvgIpc) is 3.37. The first kappa shape index (κ1) is 29.9. The maximum atomic E-state index is 13.4. The Hall–Kier alpha value is -3.07. The fourth-order valence-corrected chi connectivity index (χ4v) is 5.55. The predicted molar refractivity (Wildman–Crippen MR) is 140 cm³/mol. The first-order valence-corrected chi connectivity index (χ1v) is 14.4. The molecule has 1 fully saturated rings. The maximum absolute atomic E-state index is 13.4. The molecular formula is C26H31F4N5O4S. The molecule has 4 rings (SSSR count). The van der Waals surface area contributed by atoms with Crippen molar-refractivity contribution in [2.45, 2.75) is 49.8 Å². The number of alkyl halides is 4. The number of nitrogens with zero attached hydrogens (tertiary/aromatic N) is 2. The molecule has 2 aromatic carbocycles. The third kappa shape index (κ3) is 6.62. The number of nitrogens with one attached hydrogen (secondary N) is 3. The quantitative estimate of drug-likeness (QED) is 0.314. The number of halogens is 4. The molecule has 14 heteroatoms. The summed E-state index contributed by atoms with van der Waals surface area (Å²) in [5.41, 5.74) is -2.31. The van der Waals surface area contributed by atoms with Crippen LogP contribution in [0, 0.1) is 0 Å². The lowest BCUT2D eigenvalue weighted by Gasteiger charge is -2.48. The Morgan fingerprint density at radius 2 is 1.90 bits per heavy atom. The van der Waals surface area contributed by atoms with Crippen LogP contribution in [-0.2, 0) is 38.7 Å². The second-order valence-electron chi connectivity index (χ2n) is 10.2. The van der Waals surface area contributed by atoms with Crippen molar-refractivity contribution in [2.75, 3.05) is 26.0 Å². The van der Waals surface area contributed by atoms with Crippen LogP contribution >= 0.6 is 0 Å². The van der Waals surface area contributed by atoms with E-state index in [1.807, 2.05) is 30.3 Å². The van der Waals surface area contributed by atoms with Crippen LogP contribution in [0.4, 0.5) is 17.6 Å². The summed E-state index contributed by atoms with van der Waals surface area (Å²) < 4.78 is 87.4. The molecule has 9 nitrogen and oxygen atoms in total. The number of hydrogen-bond acceptors (Lipinski definition) is 6. The van der Waals surface area contributed by atoms with Crippen LogP contribution in [0.1, 0.15) is 48.1 Å². The van der Waals surface area contributed by atoms with Gasteiger partial charge >= 0.3 is 11.9 Å². The Morgan fingerprint density at radius 3 is 2.45 bits per heavy atom. The topological polar surface area (TPSA) is 118 Å². The Balaban J connectivity index is 1.62. The van der Waals surface area contributed by atoms with E-state index < -0.39 is 51.3 Å². The van der Waals surface area contributed by atoms with E-state index in [9.17, 15) is 30.8 Å².